The molecule has 2 heterocycles. The summed E-state index contributed by atoms with van der Waals surface area (Å²) in [5.41, 5.74) is 3.00. The van der Waals surface area contributed by atoms with Gasteiger partial charge in [-0.3, -0.25) is 9.69 Å². The number of nitrogens with zero attached hydrogens (tertiary/aromatic N) is 6. The predicted molar refractivity (Wildman–Crippen MR) is 165 cm³/mol. The van der Waals surface area contributed by atoms with Gasteiger partial charge in [0.25, 0.3) is 0 Å². The topological polar surface area (TPSA) is 135 Å². The first-order valence-electron chi connectivity index (χ1n) is 13.8. The first-order valence-corrected chi connectivity index (χ1v) is 14.7. The van der Waals surface area contributed by atoms with Crippen molar-refractivity contribution in [2.45, 2.75) is 32.2 Å². The molecule has 4 aromatic rings. The Balaban J connectivity index is 1.28. The highest BCUT2D eigenvalue weighted by Crippen LogP contribution is 2.36. The Morgan fingerprint density at radius 1 is 1.09 bits per heavy atom. The molecule has 11 nitrogen and oxygen atoms in total. The van der Waals surface area contributed by atoms with Crippen LogP contribution in [0.3, 0.4) is 0 Å². The number of amidine groups is 1. The monoisotopic (exact) mass is 649 g/mol. The van der Waals surface area contributed by atoms with Gasteiger partial charge in [0.05, 0.1) is 30.3 Å². The zero-order valence-electron chi connectivity index (χ0n) is 24.6. The van der Waals surface area contributed by atoms with Crippen LogP contribution < -0.4 is 19.7 Å². The highest BCUT2D eigenvalue weighted by molar-refractivity contribution is 8.15. The molecule has 1 aliphatic heterocycles. The number of hydrogen-bond donors (Lipinski definition) is 1. The Labute approximate surface area is 265 Å². The van der Waals surface area contributed by atoms with E-state index in [1.165, 1.54) is 40.2 Å². The van der Waals surface area contributed by atoms with Gasteiger partial charge < -0.3 is 14.8 Å². The highest BCUT2D eigenvalue weighted by Gasteiger charge is 2.33. The summed E-state index contributed by atoms with van der Waals surface area (Å²) in [4.78, 5) is 35.6. The highest BCUT2D eigenvalue weighted by atomic mass is 32.2. The van der Waals surface area contributed by atoms with Gasteiger partial charge >= 0.3 is 12.4 Å². The molecular formula is C31H26F3N7O4S. The number of rotatable bonds is 8. The summed E-state index contributed by atoms with van der Waals surface area (Å²) < 4.78 is 47.9. The predicted octanol–water partition coefficient (Wildman–Crippen LogP) is 6.38. The molecule has 15 heteroatoms. The van der Waals surface area contributed by atoms with Crippen LogP contribution >= 0.6 is 11.8 Å². The van der Waals surface area contributed by atoms with Crippen molar-refractivity contribution in [3.05, 3.63) is 84.2 Å². The minimum absolute atomic E-state index is 0.0572. The molecule has 5 rings (SSSR count). The van der Waals surface area contributed by atoms with Crippen LogP contribution in [0.15, 0.2) is 78.0 Å². The van der Waals surface area contributed by atoms with Gasteiger partial charge in [0.1, 0.15) is 23.9 Å². The molecular weight excluding hydrogens is 623 g/mol. The van der Waals surface area contributed by atoms with Crippen molar-refractivity contribution in [3.8, 4) is 34.6 Å². The van der Waals surface area contributed by atoms with Crippen LogP contribution in [-0.4, -0.2) is 51.1 Å². The van der Waals surface area contributed by atoms with E-state index in [1.807, 2.05) is 26.0 Å². The number of benzene rings is 3. The van der Waals surface area contributed by atoms with Crippen LogP contribution in [0.4, 0.5) is 23.7 Å². The first-order chi connectivity index (χ1) is 22.0. The molecule has 46 heavy (non-hydrogen) atoms. The Morgan fingerprint density at radius 3 is 2.41 bits per heavy atom. The van der Waals surface area contributed by atoms with Gasteiger partial charge in [0.15, 0.2) is 11.0 Å². The lowest BCUT2D eigenvalue weighted by atomic mass is 10.00. The molecule has 3 aromatic carbocycles. The third-order valence-electron chi connectivity index (χ3n) is 6.79. The molecule has 236 valence electrons. The fraction of sp³-hybridized carbons (Fsp3) is 0.226. The molecule has 0 saturated carbocycles. The first kappa shape index (κ1) is 32.0. The standard InChI is InChI=1S/C31H26F3N7O4S/c1-18(2)24-14-23(44-3)12-13-26(24)41-27(42)16-46-30(41)38-29(43)37-25(15-35)19-4-6-20(7-5-19)28-36-17-40(39-28)21-8-10-22(11-9-21)45-31(32,33)34/h4-14,17-18,25H,16H2,1-3H3,(H,37,43)/b38-30-. The van der Waals surface area contributed by atoms with Gasteiger partial charge in [0, 0.05) is 5.56 Å². The summed E-state index contributed by atoms with van der Waals surface area (Å²) in [5, 5.41) is 17.0. The number of aliphatic imine (C=N–C) groups is 1. The number of halogens is 3. The average Bonchev–Trinajstić information content (AvgIpc) is 3.66. The fourth-order valence-corrected chi connectivity index (χ4v) is 5.44. The van der Waals surface area contributed by atoms with Crippen LogP contribution in [0.2, 0.25) is 0 Å². The van der Waals surface area contributed by atoms with Gasteiger partial charge in [-0.05, 0) is 59.5 Å². The van der Waals surface area contributed by atoms with Crippen molar-refractivity contribution in [2.24, 2.45) is 4.99 Å². The molecule has 1 aliphatic rings. The normalized spacial score (nSPS) is 14.8. The van der Waals surface area contributed by atoms with Crippen molar-refractivity contribution in [2.75, 3.05) is 17.8 Å². The molecule has 1 atom stereocenters. The maximum absolute atomic E-state index is 13.0. The van der Waals surface area contributed by atoms with E-state index < -0.39 is 18.4 Å². The number of hydrogen-bond acceptors (Lipinski definition) is 8. The van der Waals surface area contributed by atoms with E-state index in [0.717, 1.165) is 17.3 Å². The zero-order valence-corrected chi connectivity index (χ0v) is 25.5. The SMILES string of the molecule is COc1ccc(N2C(=O)CS/C2=N\C(=O)NC(C#N)c2ccc(-c3ncn(-c4ccc(OC(F)(F)F)cc4)n3)cc2)c(C(C)C)c1. The molecule has 0 radical (unpaired) electrons. The Kier molecular flexibility index (Phi) is 9.28. The minimum Gasteiger partial charge on any atom is -0.497 e. The maximum Gasteiger partial charge on any atom is 0.573 e. The van der Waals surface area contributed by atoms with E-state index in [9.17, 15) is 28.0 Å². The van der Waals surface area contributed by atoms with Crippen LogP contribution in [0.1, 0.15) is 36.9 Å². The summed E-state index contributed by atoms with van der Waals surface area (Å²) in [6.07, 6.45) is -3.38. The van der Waals surface area contributed by atoms with Gasteiger partial charge in [-0.2, -0.15) is 10.3 Å². The number of urea groups is 1. The maximum atomic E-state index is 13.0. The second kappa shape index (κ2) is 13.3. The molecule has 0 aliphatic carbocycles. The van der Waals surface area contributed by atoms with Crippen molar-refractivity contribution < 1.29 is 32.2 Å². The summed E-state index contributed by atoms with van der Waals surface area (Å²) in [7, 11) is 1.56. The number of methoxy groups -OCH3 is 1. The lowest BCUT2D eigenvalue weighted by Crippen LogP contribution is -2.33. The molecule has 1 fully saturated rings. The van der Waals surface area contributed by atoms with Crippen LogP contribution in [0, 0.1) is 11.3 Å². The van der Waals surface area contributed by atoms with E-state index in [2.05, 4.69) is 25.1 Å². The van der Waals surface area contributed by atoms with Crippen LogP contribution in [-0.2, 0) is 4.79 Å². The summed E-state index contributed by atoms with van der Waals surface area (Å²) in [6, 6.07) is 17.3. The molecule has 3 amide bonds. The molecule has 1 unspecified atom stereocenters. The fourth-order valence-electron chi connectivity index (χ4n) is 4.59. The molecule has 1 aromatic heterocycles. The number of anilines is 1. The van der Waals surface area contributed by atoms with Gasteiger partial charge in [-0.1, -0.05) is 49.9 Å². The number of alkyl halides is 3. The van der Waals surface area contributed by atoms with Crippen LogP contribution in [0.5, 0.6) is 11.5 Å². The second-order valence-electron chi connectivity index (χ2n) is 10.2. The van der Waals surface area contributed by atoms with Gasteiger partial charge in [-0.15, -0.1) is 18.3 Å². The Bertz CT molecular complexity index is 1820. The number of carbonyl (C=O) groups is 2. The third kappa shape index (κ3) is 7.29. The van der Waals surface area contributed by atoms with E-state index in [1.54, 1.807) is 43.5 Å². The average molecular weight is 650 g/mol. The van der Waals surface area contributed by atoms with Crippen molar-refractivity contribution >= 4 is 34.6 Å². The molecule has 1 saturated heterocycles. The lowest BCUT2D eigenvalue weighted by molar-refractivity contribution is -0.274. The number of carbonyl (C=O) groups excluding carboxylic acids is 2. The summed E-state index contributed by atoms with van der Waals surface area (Å²) in [6.45, 7) is 3.97. The lowest BCUT2D eigenvalue weighted by Gasteiger charge is -2.22. The minimum atomic E-state index is -4.79. The summed E-state index contributed by atoms with van der Waals surface area (Å²) >= 11 is 1.13. The second-order valence-corrected chi connectivity index (χ2v) is 11.1. The number of thioether (sulfide) groups is 1. The van der Waals surface area contributed by atoms with E-state index in [0.29, 0.717) is 34.1 Å². The van der Waals surface area contributed by atoms with Gasteiger partial charge in [-0.25, -0.2) is 14.5 Å². The zero-order chi connectivity index (χ0) is 33.0. The Hall–Kier alpha value is -5.36. The Morgan fingerprint density at radius 2 is 1.78 bits per heavy atom. The smallest absolute Gasteiger partial charge is 0.497 e. The quantitative estimate of drug-likeness (QED) is 0.233. The van der Waals surface area contributed by atoms with Crippen LogP contribution in [0.25, 0.3) is 17.1 Å². The van der Waals surface area contributed by atoms with Crippen molar-refractivity contribution in [1.82, 2.24) is 20.1 Å². The van der Waals surface area contributed by atoms with Crippen molar-refractivity contribution in [3.63, 3.8) is 0 Å². The number of aromatic nitrogens is 3. The third-order valence-corrected chi connectivity index (χ3v) is 7.71. The van der Waals surface area contributed by atoms with Crippen molar-refractivity contribution in [1.29, 1.82) is 5.26 Å². The number of nitrogens with one attached hydrogen (secondary N) is 1. The largest absolute Gasteiger partial charge is 0.573 e. The number of ether oxygens (including phenoxy) is 2. The van der Waals surface area contributed by atoms with E-state index in [4.69, 9.17) is 4.74 Å². The summed E-state index contributed by atoms with van der Waals surface area (Å²) in [5.74, 6) is 0.557. The van der Waals surface area contributed by atoms with E-state index in [-0.39, 0.29) is 28.5 Å². The number of nitriles is 1. The van der Waals surface area contributed by atoms with E-state index >= 15 is 0 Å². The van der Waals surface area contributed by atoms with Gasteiger partial charge in [0.2, 0.25) is 5.91 Å². The molecule has 0 spiro atoms. The molecule has 1 N–H and O–H groups in total. The molecule has 0 bridgehead atoms. The number of amides is 3.